The maximum atomic E-state index is 12.7. The van der Waals surface area contributed by atoms with Gasteiger partial charge >= 0.3 is 0 Å². The van der Waals surface area contributed by atoms with Gasteiger partial charge in [0.15, 0.2) is 0 Å². The van der Waals surface area contributed by atoms with Gasteiger partial charge < -0.3 is 4.42 Å². The van der Waals surface area contributed by atoms with Gasteiger partial charge in [-0.3, -0.25) is 4.90 Å². The van der Waals surface area contributed by atoms with E-state index in [0.29, 0.717) is 18.8 Å². The van der Waals surface area contributed by atoms with Crippen molar-refractivity contribution in [3.05, 3.63) is 48.4 Å². The van der Waals surface area contributed by atoms with Crippen molar-refractivity contribution in [2.45, 2.75) is 35.1 Å². The van der Waals surface area contributed by atoms with E-state index in [-0.39, 0.29) is 22.4 Å². The quantitative estimate of drug-likeness (QED) is 0.673. The third-order valence-electron chi connectivity index (χ3n) is 5.05. The molecule has 0 amide bonds. The zero-order valence-electron chi connectivity index (χ0n) is 16.6. The Balaban J connectivity index is 1.72. The SMILES string of the molecule is CN(C)C(CNS(=O)(=O)c1ccc(S(=O)(=O)N2CCCCC2)cc1)c1ccco1. The summed E-state index contributed by atoms with van der Waals surface area (Å²) < 4.78 is 60.2. The van der Waals surface area contributed by atoms with Crippen LogP contribution in [0.2, 0.25) is 0 Å². The van der Waals surface area contributed by atoms with Crippen molar-refractivity contribution >= 4 is 20.0 Å². The number of sulfonamides is 2. The maximum Gasteiger partial charge on any atom is 0.243 e. The summed E-state index contributed by atoms with van der Waals surface area (Å²) in [5, 5.41) is 0. The van der Waals surface area contributed by atoms with Crippen LogP contribution in [0, 0.1) is 0 Å². The van der Waals surface area contributed by atoms with Crippen molar-refractivity contribution < 1.29 is 21.3 Å². The van der Waals surface area contributed by atoms with Gasteiger partial charge in [0, 0.05) is 19.6 Å². The molecule has 1 fully saturated rings. The normalized spacial score (nSPS) is 17.5. The molecule has 1 N–H and O–H groups in total. The fourth-order valence-electron chi connectivity index (χ4n) is 3.34. The first-order valence-corrected chi connectivity index (χ1v) is 12.4. The fraction of sp³-hybridized carbons (Fsp3) is 0.474. The first-order valence-electron chi connectivity index (χ1n) is 9.51. The summed E-state index contributed by atoms with van der Waals surface area (Å²) >= 11 is 0. The van der Waals surface area contributed by atoms with Crippen LogP contribution in [0.25, 0.3) is 0 Å². The third-order valence-corrected chi connectivity index (χ3v) is 8.40. The van der Waals surface area contributed by atoms with Crippen LogP contribution in [-0.2, 0) is 20.0 Å². The summed E-state index contributed by atoms with van der Waals surface area (Å²) in [5.41, 5.74) is 0. The Morgan fingerprint density at radius 2 is 1.62 bits per heavy atom. The fourth-order valence-corrected chi connectivity index (χ4v) is 5.89. The Bertz CT molecular complexity index is 995. The number of furan rings is 1. The highest BCUT2D eigenvalue weighted by molar-refractivity contribution is 7.89. The van der Waals surface area contributed by atoms with E-state index >= 15 is 0 Å². The predicted molar refractivity (Wildman–Crippen MR) is 109 cm³/mol. The number of hydrogen-bond acceptors (Lipinski definition) is 6. The minimum Gasteiger partial charge on any atom is -0.468 e. The highest BCUT2D eigenvalue weighted by Gasteiger charge is 2.27. The standard InChI is InChI=1S/C19H27N3O5S2/c1-21(2)18(19-7-6-14-27-19)15-20-28(23,24)16-8-10-17(11-9-16)29(25,26)22-12-4-3-5-13-22/h6-11,14,18,20H,3-5,12-13,15H2,1-2H3. The Hall–Kier alpha value is -1.72. The van der Waals surface area contributed by atoms with Crippen LogP contribution in [0.1, 0.15) is 31.1 Å². The molecule has 1 saturated heterocycles. The van der Waals surface area contributed by atoms with Gasteiger partial charge in [0.05, 0.1) is 22.1 Å². The largest absolute Gasteiger partial charge is 0.468 e. The van der Waals surface area contributed by atoms with Crippen molar-refractivity contribution in [2.24, 2.45) is 0 Å². The van der Waals surface area contributed by atoms with E-state index in [4.69, 9.17) is 4.42 Å². The molecule has 0 radical (unpaired) electrons. The highest BCUT2D eigenvalue weighted by Crippen LogP contribution is 2.23. The number of nitrogens with one attached hydrogen (secondary N) is 1. The molecule has 0 bridgehead atoms. The Morgan fingerprint density at radius 1 is 1.00 bits per heavy atom. The molecule has 1 atom stereocenters. The van der Waals surface area contributed by atoms with Crippen LogP contribution >= 0.6 is 0 Å². The van der Waals surface area contributed by atoms with Gasteiger partial charge in [-0.2, -0.15) is 4.31 Å². The Morgan fingerprint density at radius 3 is 2.17 bits per heavy atom. The number of piperidine rings is 1. The molecular formula is C19H27N3O5S2. The van der Waals surface area contributed by atoms with Gasteiger partial charge in [0.25, 0.3) is 0 Å². The molecule has 0 spiro atoms. The van der Waals surface area contributed by atoms with E-state index in [0.717, 1.165) is 19.3 Å². The number of nitrogens with zero attached hydrogens (tertiary/aromatic N) is 2. The lowest BCUT2D eigenvalue weighted by Gasteiger charge is -2.26. The van der Waals surface area contributed by atoms with Crippen LogP contribution in [0.5, 0.6) is 0 Å². The molecule has 1 aliphatic rings. The van der Waals surface area contributed by atoms with Crippen LogP contribution < -0.4 is 4.72 Å². The number of rotatable bonds is 8. The Labute approximate surface area is 172 Å². The summed E-state index contributed by atoms with van der Waals surface area (Å²) in [6.45, 7) is 1.13. The molecule has 8 nitrogen and oxygen atoms in total. The van der Waals surface area contributed by atoms with E-state index in [9.17, 15) is 16.8 Å². The molecule has 1 aromatic carbocycles. The molecule has 29 heavy (non-hydrogen) atoms. The smallest absolute Gasteiger partial charge is 0.243 e. The minimum absolute atomic E-state index is 0.0204. The maximum absolute atomic E-state index is 12.7. The van der Waals surface area contributed by atoms with Gasteiger partial charge in [-0.1, -0.05) is 6.42 Å². The predicted octanol–water partition coefficient (Wildman–Crippen LogP) is 2.04. The van der Waals surface area contributed by atoms with E-state index in [1.54, 1.807) is 18.4 Å². The second-order valence-electron chi connectivity index (χ2n) is 7.28. The van der Waals surface area contributed by atoms with Gasteiger partial charge in [-0.15, -0.1) is 0 Å². The first-order chi connectivity index (χ1) is 13.7. The molecule has 2 aromatic rings. The average Bonchev–Trinajstić information content (AvgIpc) is 3.23. The summed E-state index contributed by atoms with van der Waals surface area (Å²) in [5.74, 6) is 0.653. The van der Waals surface area contributed by atoms with Crippen molar-refractivity contribution in [3.8, 4) is 0 Å². The topological polar surface area (TPSA) is 99.9 Å². The molecule has 3 rings (SSSR count). The molecule has 1 aliphatic heterocycles. The van der Waals surface area contributed by atoms with Crippen LogP contribution in [0.4, 0.5) is 0 Å². The monoisotopic (exact) mass is 441 g/mol. The summed E-state index contributed by atoms with van der Waals surface area (Å²) in [7, 11) is -3.72. The molecule has 160 valence electrons. The second kappa shape index (κ2) is 8.97. The van der Waals surface area contributed by atoms with Crippen molar-refractivity contribution in [2.75, 3.05) is 33.7 Å². The molecule has 1 aromatic heterocycles. The van der Waals surface area contributed by atoms with Crippen LogP contribution in [0.15, 0.2) is 56.9 Å². The summed E-state index contributed by atoms with van der Waals surface area (Å²) in [6, 6.07) is 8.65. The molecule has 10 heteroatoms. The summed E-state index contributed by atoms with van der Waals surface area (Å²) in [4.78, 5) is 1.99. The van der Waals surface area contributed by atoms with Crippen molar-refractivity contribution in [1.29, 1.82) is 0 Å². The molecular weight excluding hydrogens is 414 g/mol. The van der Waals surface area contributed by atoms with E-state index in [1.165, 1.54) is 28.6 Å². The lowest BCUT2D eigenvalue weighted by atomic mass is 10.2. The summed E-state index contributed by atoms with van der Waals surface area (Å²) in [6.07, 6.45) is 4.26. The van der Waals surface area contributed by atoms with Gasteiger partial charge in [-0.25, -0.2) is 21.6 Å². The van der Waals surface area contributed by atoms with Crippen molar-refractivity contribution in [1.82, 2.24) is 13.9 Å². The first kappa shape index (κ1) is 22.0. The lowest BCUT2D eigenvalue weighted by Crippen LogP contribution is -2.35. The zero-order valence-corrected chi connectivity index (χ0v) is 18.2. The number of hydrogen-bond donors (Lipinski definition) is 1. The Kier molecular flexibility index (Phi) is 6.79. The molecule has 0 saturated carbocycles. The number of likely N-dealkylation sites (N-methyl/N-ethyl adjacent to an activating group) is 1. The molecule has 2 heterocycles. The van der Waals surface area contributed by atoms with Gasteiger partial charge in [0.2, 0.25) is 20.0 Å². The number of benzene rings is 1. The highest BCUT2D eigenvalue weighted by atomic mass is 32.2. The van der Waals surface area contributed by atoms with E-state index in [2.05, 4.69) is 4.72 Å². The zero-order chi connectivity index (χ0) is 21.1. The molecule has 1 unspecified atom stereocenters. The minimum atomic E-state index is -3.79. The van der Waals surface area contributed by atoms with Crippen LogP contribution in [0.3, 0.4) is 0 Å². The van der Waals surface area contributed by atoms with Crippen LogP contribution in [-0.4, -0.2) is 59.8 Å². The average molecular weight is 442 g/mol. The van der Waals surface area contributed by atoms with Crippen molar-refractivity contribution in [3.63, 3.8) is 0 Å². The van der Waals surface area contributed by atoms with E-state index < -0.39 is 20.0 Å². The van der Waals surface area contributed by atoms with Gasteiger partial charge in [-0.05, 0) is 63.3 Å². The lowest BCUT2D eigenvalue weighted by molar-refractivity contribution is 0.259. The second-order valence-corrected chi connectivity index (χ2v) is 11.0. The third kappa shape index (κ3) is 5.07. The molecule has 0 aliphatic carbocycles. The van der Waals surface area contributed by atoms with E-state index in [1.807, 2.05) is 19.0 Å². The van der Waals surface area contributed by atoms with Gasteiger partial charge in [0.1, 0.15) is 5.76 Å².